The van der Waals surface area contributed by atoms with E-state index in [4.69, 9.17) is 0 Å². The van der Waals surface area contributed by atoms with Gasteiger partial charge in [0.05, 0.1) is 5.75 Å². The van der Waals surface area contributed by atoms with Gasteiger partial charge in [-0.25, -0.2) is 13.1 Å². The van der Waals surface area contributed by atoms with Crippen molar-refractivity contribution in [3.8, 4) is 0 Å². The molecule has 0 bridgehead atoms. The Morgan fingerprint density at radius 1 is 1.00 bits per heavy atom. The molecule has 18 heavy (non-hydrogen) atoms. The van der Waals surface area contributed by atoms with E-state index in [1.807, 2.05) is 0 Å². The molecule has 2 N–H and O–H groups in total. The van der Waals surface area contributed by atoms with Crippen molar-refractivity contribution in [3.63, 3.8) is 0 Å². The van der Waals surface area contributed by atoms with Gasteiger partial charge in [-0.3, -0.25) is 0 Å². The average Bonchev–Trinajstić information content (AvgIpc) is 3.11. The molecular formula is C13H26N2O2S. The SMILES string of the molecule is CC1CCC(NS(=O)(=O)CCCNC2CC2)CC1. The molecule has 106 valence electrons. The van der Waals surface area contributed by atoms with Crippen LogP contribution in [0.25, 0.3) is 0 Å². The topological polar surface area (TPSA) is 58.2 Å². The van der Waals surface area contributed by atoms with E-state index in [1.54, 1.807) is 0 Å². The molecular weight excluding hydrogens is 248 g/mol. The van der Waals surface area contributed by atoms with E-state index >= 15 is 0 Å². The molecule has 0 heterocycles. The lowest BCUT2D eigenvalue weighted by atomic mass is 9.88. The first-order chi connectivity index (χ1) is 8.55. The van der Waals surface area contributed by atoms with Gasteiger partial charge in [0.2, 0.25) is 10.0 Å². The zero-order valence-corrected chi connectivity index (χ0v) is 12.1. The third-order valence-corrected chi connectivity index (χ3v) is 5.48. The maximum absolute atomic E-state index is 11.9. The van der Waals surface area contributed by atoms with Crippen LogP contribution in [0.15, 0.2) is 0 Å². The minimum Gasteiger partial charge on any atom is -0.314 e. The molecule has 0 aliphatic heterocycles. The van der Waals surface area contributed by atoms with Crippen LogP contribution in [0.1, 0.15) is 51.9 Å². The predicted molar refractivity (Wildman–Crippen MR) is 74.0 cm³/mol. The molecule has 0 amide bonds. The van der Waals surface area contributed by atoms with Crippen molar-refractivity contribution in [2.24, 2.45) is 5.92 Å². The number of rotatable bonds is 7. The van der Waals surface area contributed by atoms with Gasteiger partial charge in [0.25, 0.3) is 0 Å². The molecule has 0 unspecified atom stereocenters. The van der Waals surface area contributed by atoms with Gasteiger partial charge in [-0.05, 0) is 57.4 Å². The summed E-state index contributed by atoms with van der Waals surface area (Å²) < 4.78 is 26.7. The Balaban J connectivity index is 1.62. The van der Waals surface area contributed by atoms with Crippen molar-refractivity contribution < 1.29 is 8.42 Å². The lowest BCUT2D eigenvalue weighted by Gasteiger charge is -2.26. The van der Waals surface area contributed by atoms with Crippen LogP contribution in [-0.4, -0.2) is 32.8 Å². The summed E-state index contributed by atoms with van der Waals surface area (Å²) in [7, 11) is -3.07. The fourth-order valence-corrected chi connectivity index (χ4v) is 3.93. The molecule has 0 spiro atoms. The quantitative estimate of drug-likeness (QED) is 0.694. The van der Waals surface area contributed by atoms with E-state index in [9.17, 15) is 8.42 Å². The number of nitrogens with one attached hydrogen (secondary N) is 2. The van der Waals surface area contributed by atoms with Gasteiger partial charge in [-0.1, -0.05) is 6.92 Å². The summed E-state index contributed by atoms with van der Waals surface area (Å²) >= 11 is 0. The second-order valence-corrected chi connectivity index (χ2v) is 7.85. The van der Waals surface area contributed by atoms with Crippen LogP contribution in [0, 0.1) is 5.92 Å². The van der Waals surface area contributed by atoms with Gasteiger partial charge in [0, 0.05) is 12.1 Å². The maximum atomic E-state index is 11.9. The second-order valence-electron chi connectivity index (χ2n) is 5.98. The van der Waals surface area contributed by atoms with Gasteiger partial charge >= 0.3 is 0 Å². The number of sulfonamides is 1. The van der Waals surface area contributed by atoms with Crippen LogP contribution < -0.4 is 10.0 Å². The predicted octanol–water partition coefficient (Wildman–Crippen LogP) is 1.63. The summed E-state index contributed by atoms with van der Waals surface area (Å²) in [4.78, 5) is 0. The van der Waals surface area contributed by atoms with E-state index in [0.717, 1.165) is 44.6 Å². The van der Waals surface area contributed by atoms with Crippen molar-refractivity contribution in [2.45, 2.75) is 64.0 Å². The Bertz CT molecular complexity index is 344. The maximum Gasteiger partial charge on any atom is 0.211 e. The summed E-state index contributed by atoms with van der Waals surface area (Å²) in [6, 6.07) is 0.850. The van der Waals surface area contributed by atoms with Gasteiger partial charge < -0.3 is 5.32 Å². The summed E-state index contributed by atoms with van der Waals surface area (Å²) in [5.74, 6) is 1.02. The van der Waals surface area contributed by atoms with Crippen molar-refractivity contribution in [3.05, 3.63) is 0 Å². The lowest BCUT2D eigenvalue weighted by Crippen LogP contribution is -2.39. The van der Waals surface area contributed by atoms with Gasteiger partial charge in [-0.15, -0.1) is 0 Å². The molecule has 2 saturated carbocycles. The second kappa shape index (κ2) is 6.35. The normalized spacial score (nSPS) is 29.4. The third kappa shape index (κ3) is 5.24. The van der Waals surface area contributed by atoms with Crippen molar-refractivity contribution in [1.82, 2.24) is 10.0 Å². The molecule has 0 aromatic carbocycles. The molecule has 2 fully saturated rings. The molecule has 0 aromatic rings. The zero-order valence-electron chi connectivity index (χ0n) is 11.3. The van der Waals surface area contributed by atoms with Gasteiger partial charge in [-0.2, -0.15) is 0 Å². The Labute approximate surface area is 111 Å². The molecule has 2 aliphatic carbocycles. The van der Waals surface area contributed by atoms with Crippen molar-refractivity contribution >= 4 is 10.0 Å². The fourth-order valence-electron chi connectivity index (χ4n) is 2.55. The Morgan fingerprint density at radius 3 is 2.22 bits per heavy atom. The lowest BCUT2D eigenvalue weighted by molar-refractivity contribution is 0.332. The fraction of sp³-hybridized carbons (Fsp3) is 1.00. The van der Waals surface area contributed by atoms with Crippen LogP contribution >= 0.6 is 0 Å². The van der Waals surface area contributed by atoms with Crippen molar-refractivity contribution in [1.29, 1.82) is 0 Å². The van der Waals surface area contributed by atoms with Crippen molar-refractivity contribution in [2.75, 3.05) is 12.3 Å². The molecule has 0 aromatic heterocycles. The summed E-state index contributed by atoms with van der Waals surface area (Å²) in [5.41, 5.74) is 0. The summed E-state index contributed by atoms with van der Waals surface area (Å²) in [6.45, 7) is 3.07. The number of hydrogen-bond acceptors (Lipinski definition) is 3. The first-order valence-corrected chi connectivity index (χ1v) is 8.94. The molecule has 5 heteroatoms. The largest absolute Gasteiger partial charge is 0.314 e. The molecule has 0 atom stereocenters. The Hall–Kier alpha value is -0.130. The van der Waals surface area contributed by atoms with E-state index < -0.39 is 10.0 Å². The summed E-state index contributed by atoms with van der Waals surface area (Å²) in [6.07, 6.45) is 7.53. The van der Waals surface area contributed by atoms with E-state index in [2.05, 4.69) is 17.0 Å². The molecule has 0 radical (unpaired) electrons. The highest BCUT2D eigenvalue weighted by Gasteiger charge is 2.23. The average molecular weight is 274 g/mol. The van der Waals surface area contributed by atoms with E-state index in [0.29, 0.717) is 6.04 Å². The molecule has 0 saturated heterocycles. The monoisotopic (exact) mass is 274 g/mol. The van der Waals surface area contributed by atoms with Crippen LogP contribution in [0.3, 0.4) is 0 Å². The Kier molecular flexibility index (Phi) is 5.04. The smallest absolute Gasteiger partial charge is 0.211 e. The van der Waals surface area contributed by atoms with Crippen LogP contribution in [0.4, 0.5) is 0 Å². The zero-order chi connectivity index (χ0) is 13.0. The van der Waals surface area contributed by atoms with Gasteiger partial charge in [0.1, 0.15) is 0 Å². The molecule has 4 nitrogen and oxygen atoms in total. The minimum atomic E-state index is -3.07. The highest BCUT2D eigenvalue weighted by molar-refractivity contribution is 7.89. The number of hydrogen-bond donors (Lipinski definition) is 2. The third-order valence-electron chi connectivity index (χ3n) is 3.96. The minimum absolute atomic E-state index is 0.183. The van der Waals surface area contributed by atoms with Crippen LogP contribution in [0.2, 0.25) is 0 Å². The van der Waals surface area contributed by atoms with E-state index in [-0.39, 0.29) is 11.8 Å². The highest BCUT2D eigenvalue weighted by Crippen LogP contribution is 2.23. The first-order valence-electron chi connectivity index (χ1n) is 7.28. The van der Waals surface area contributed by atoms with E-state index in [1.165, 1.54) is 12.8 Å². The Morgan fingerprint density at radius 2 is 1.61 bits per heavy atom. The highest BCUT2D eigenvalue weighted by atomic mass is 32.2. The molecule has 2 rings (SSSR count). The van der Waals surface area contributed by atoms with Crippen LogP contribution in [0.5, 0.6) is 0 Å². The molecule has 2 aliphatic rings. The van der Waals surface area contributed by atoms with Gasteiger partial charge in [0.15, 0.2) is 0 Å². The first kappa shape index (κ1) is 14.3. The van der Waals surface area contributed by atoms with Crippen LogP contribution in [-0.2, 0) is 10.0 Å². The summed E-state index contributed by atoms with van der Waals surface area (Å²) in [5, 5.41) is 3.35. The standard InChI is InChI=1S/C13H26N2O2S/c1-11-3-5-13(6-4-11)15-18(16,17)10-2-9-14-12-7-8-12/h11-15H,2-10H2,1H3.